The summed E-state index contributed by atoms with van der Waals surface area (Å²) < 4.78 is 0. The Bertz CT molecular complexity index is 422. The number of anilines is 1. The average molecular weight is 214 g/mol. The lowest BCUT2D eigenvalue weighted by Crippen LogP contribution is -2.39. The molecule has 82 valence electrons. The Morgan fingerprint density at radius 3 is 3.06 bits per heavy atom. The van der Waals surface area contributed by atoms with Crippen LogP contribution in [0.15, 0.2) is 24.3 Å². The molecule has 1 heterocycles. The molecular formula is C13H14N2O. The van der Waals surface area contributed by atoms with Crippen molar-refractivity contribution >= 4 is 11.6 Å². The van der Waals surface area contributed by atoms with Gasteiger partial charge in [-0.15, -0.1) is 6.42 Å². The second kappa shape index (κ2) is 4.28. The van der Waals surface area contributed by atoms with Crippen molar-refractivity contribution in [2.45, 2.75) is 12.5 Å². The van der Waals surface area contributed by atoms with Crippen LogP contribution in [0.3, 0.4) is 0 Å². The van der Waals surface area contributed by atoms with Gasteiger partial charge >= 0.3 is 0 Å². The normalized spacial score (nSPS) is 17.1. The summed E-state index contributed by atoms with van der Waals surface area (Å²) in [4.78, 5) is 13.5. The molecule has 1 unspecified atom stereocenters. The number of terminal acetylenes is 1. The van der Waals surface area contributed by atoms with E-state index in [9.17, 15) is 4.79 Å². The summed E-state index contributed by atoms with van der Waals surface area (Å²) in [6.45, 7) is 0.355. The standard InChI is InChI=1S/C13H14N2O/c1-3-8-15(2)13(16)12-9-10-6-4-5-7-11(10)14-12/h1,4-7,12,14H,8-9H2,2H3. The molecule has 0 fully saturated rings. The summed E-state index contributed by atoms with van der Waals surface area (Å²) in [5, 5.41) is 3.21. The molecule has 1 aliphatic heterocycles. The summed E-state index contributed by atoms with van der Waals surface area (Å²) in [7, 11) is 1.73. The molecule has 1 aliphatic rings. The first-order valence-electron chi connectivity index (χ1n) is 5.25. The molecule has 3 nitrogen and oxygen atoms in total. The monoisotopic (exact) mass is 214 g/mol. The summed E-state index contributed by atoms with van der Waals surface area (Å²) in [6, 6.07) is 7.80. The third-order valence-electron chi connectivity index (χ3n) is 2.77. The van der Waals surface area contributed by atoms with Gasteiger partial charge in [0.1, 0.15) is 6.04 Å². The Kier molecular flexibility index (Phi) is 2.82. The minimum absolute atomic E-state index is 0.0501. The molecule has 1 aromatic carbocycles. The van der Waals surface area contributed by atoms with Crippen molar-refractivity contribution in [3.05, 3.63) is 29.8 Å². The fourth-order valence-electron chi connectivity index (χ4n) is 1.93. The maximum Gasteiger partial charge on any atom is 0.245 e. The van der Waals surface area contributed by atoms with E-state index >= 15 is 0 Å². The summed E-state index contributed by atoms with van der Waals surface area (Å²) >= 11 is 0. The number of nitrogens with zero attached hydrogens (tertiary/aromatic N) is 1. The van der Waals surface area contributed by atoms with Crippen LogP contribution < -0.4 is 5.32 Å². The highest BCUT2D eigenvalue weighted by Crippen LogP contribution is 2.25. The van der Waals surface area contributed by atoms with Gasteiger partial charge in [-0.2, -0.15) is 0 Å². The van der Waals surface area contributed by atoms with E-state index in [1.807, 2.05) is 24.3 Å². The van der Waals surface area contributed by atoms with Gasteiger partial charge in [-0.05, 0) is 11.6 Å². The smallest absolute Gasteiger partial charge is 0.245 e. The molecule has 16 heavy (non-hydrogen) atoms. The number of carbonyl (C=O) groups excluding carboxylic acids is 1. The second-order valence-corrected chi connectivity index (χ2v) is 3.96. The molecule has 0 radical (unpaired) electrons. The fourth-order valence-corrected chi connectivity index (χ4v) is 1.93. The van der Waals surface area contributed by atoms with Gasteiger partial charge in [-0.25, -0.2) is 0 Å². The number of hydrogen-bond acceptors (Lipinski definition) is 2. The van der Waals surface area contributed by atoms with E-state index in [1.165, 1.54) is 5.56 Å². The van der Waals surface area contributed by atoms with Crippen LogP contribution in [0.2, 0.25) is 0 Å². The zero-order chi connectivity index (χ0) is 11.5. The number of para-hydroxylation sites is 1. The van der Waals surface area contributed by atoms with Crippen molar-refractivity contribution in [1.29, 1.82) is 0 Å². The van der Waals surface area contributed by atoms with Gasteiger partial charge in [0.15, 0.2) is 0 Å². The molecule has 3 heteroatoms. The summed E-state index contributed by atoms with van der Waals surface area (Å²) in [5.41, 5.74) is 2.24. The first-order valence-corrected chi connectivity index (χ1v) is 5.25. The molecule has 0 saturated heterocycles. The lowest BCUT2D eigenvalue weighted by Gasteiger charge is -2.18. The third-order valence-corrected chi connectivity index (χ3v) is 2.77. The maximum absolute atomic E-state index is 12.0. The average Bonchev–Trinajstić information content (AvgIpc) is 2.71. The van der Waals surface area contributed by atoms with E-state index in [2.05, 4.69) is 11.2 Å². The van der Waals surface area contributed by atoms with Gasteiger partial charge in [0.2, 0.25) is 5.91 Å². The van der Waals surface area contributed by atoms with E-state index in [0.717, 1.165) is 12.1 Å². The van der Waals surface area contributed by atoms with Crippen molar-refractivity contribution in [3.63, 3.8) is 0 Å². The second-order valence-electron chi connectivity index (χ2n) is 3.96. The zero-order valence-electron chi connectivity index (χ0n) is 9.23. The first-order chi connectivity index (χ1) is 7.72. The van der Waals surface area contributed by atoms with Crippen LogP contribution >= 0.6 is 0 Å². The number of likely N-dealkylation sites (N-methyl/N-ethyl adjacent to an activating group) is 1. The minimum Gasteiger partial charge on any atom is -0.373 e. The van der Waals surface area contributed by atoms with Crippen LogP contribution in [0.5, 0.6) is 0 Å². The highest BCUT2D eigenvalue weighted by atomic mass is 16.2. The highest BCUT2D eigenvalue weighted by molar-refractivity contribution is 5.87. The molecule has 2 rings (SSSR count). The topological polar surface area (TPSA) is 32.3 Å². The third kappa shape index (κ3) is 1.87. The highest BCUT2D eigenvalue weighted by Gasteiger charge is 2.28. The molecule has 0 saturated carbocycles. The van der Waals surface area contributed by atoms with Gasteiger partial charge in [0, 0.05) is 19.2 Å². The van der Waals surface area contributed by atoms with Gasteiger partial charge in [-0.1, -0.05) is 24.1 Å². The van der Waals surface area contributed by atoms with Gasteiger partial charge in [-0.3, -0.25) is 4.79 Å². The van der Waals surface area contributed by atoms with Crippen molar-refractivity contribution in [2.75, 3.05) is 18.9 Å². The summed E-state index contributed by atoms with van der Waals surface area (Å²) in [6.07, 6.45) is 5.93. The van der Waals surface area contributed by atoms with Crippen LogP contribution in [0, 0.1) is 12.3 Å². The van der Waals surface area contributed by atoms with Crippen molar-refractivity contribution in [2.24, 2.45) is 0 Å². The molecule has 0 aromatic heterocycles. The molecule has 1 N–H and O–H groups in total. The molecular weight excluding hydrogens is 200 g/mol. The lowest BCUT2D eigenvalue weighted by molar-refractivity contribution is -0.129. The van der Waals surface area contributed by atoms with Gasteiger partial charge < -0.3 is 10.2 Å². The van der Waals surface area contributed by atoms with Gasteiger partial charge in [0.25, 0.3) is 0 Å². The lowest BCUT2D eigenvalue weighted by atomic mass is 10.1. The van der Waals surface area contributed by atoms with E-state index in [1.54, 1.807) is 11.9 Å². The number of carbonyl (C=O) groups is 1. The summed E-state index contributed by atoms with van der Waals surface area (Å²) in [5.74, 6) is 2.52. The quantitative estimate of drug-likeness (QED) is 0.748. The number of hydrogen-bond donors (Lipinski definition) is 1. The molecule has 1 amide bonds. The number of benzene rings is 1. The minimum atomic E-state index is -0.171. The zero-order valence-corrected chi connectivity index (χ0v) is 9.23. The number of fused-ring (bicyclic) bond motifs is 1. The number of nitrogens with one attached hydrogen (secondary N) is 1. The van der Waals surface area contributed by atoms with Crippen LogP contribution in [0.4, 0.5) is 5.69 Å². The van der Waals surface area contributed by atoms with Crippen molar-refractivity contribution in [3.8, 4) is 12.3 Å². The van der Waals surface area contributed by atoms with Crippen LogP contribution in [-0.2, 0) is 11.2 Å². The van der Waals surface area contributed by atoms with Crippen molar-refractivity contribution < 1.29 is 4.79 Å². The van der Waals surface area contributed by atoms with E-state index in [4.69, 9.17) is 6.42 Å². The van der Waals surface area contributed by atoms with Crippen LogP contribution in [-0.4, -0.2) is 30.4 Å². The predicted molar refractivity (Wildman–Crippen MR) is 64.0 cm³/mol. The molecule has 1 aromatic rings. The fraction of sp³-hybridized carbons (Fsp3) is 0.308. The van der Waals surface area contributed by atoms with E-state index in [-0.39, 0.29) is 11.9 Å². The number of amides is 1. The largest absolute Gasteiger partial charge is 0.373 e. The Balaban J connectivity index is 2.07. The van der Waals surface area contributed by atoms with Gasteiger partial charge in [0.05, 0.1) is 6.54 Å². The Labute approximate surface area is 95.5 Å². The Hall–Kier alpha value is -1.95. The van der Waals surface area contributed by atoms with E-state index in [0.29, 0.717) is 6.54 Å². The molecule has 0 bridgehead atoms. The van der Waals surface area contributed by atoms with E-state index < -0.39 is 0 Å². The maximum atomic E-state index is 12.0. The SMILES string of the molecule is C#CCN(C)C(=O)C1Cc2ccccc2N1. The van der Waals surface area contributed by atoms with Crippen molar-refractivity contribution in [1.82, 2.24) is 4.90 Å². The van der Waals surface area contributed by atoms with Crippen LogP contribution in [0.1, 0.15) is 5.56 Å². The van der Waals surface area contributed by atoms with Crippen LogP contribution in [0.25, 0.3) is 0 Å². The predicted octanol–water partition coefficient (Wildman–Crippen LogP) is 1.11. The molecule has 1 atom stereocenters. The molecule has 0 aliphatic carbocycles. The Morgan fingerprint density at radius 2 is 2.38 bits per heavy atom. The molecule has 0 spiro atoms. The first kappa shape index (κ1) is 10.6. The Morgan fingerprint density at radius 1 is 1.62 bits per heavy atom. The number of rotatable bonds is 2.